The minimum absolute atomic E-state index is 0.0722. The highest BCUT2D eigenvalue weighted by Crippen LogP contribution is 2.47. The van der Waals surface area contributed by atoms with E-state index >= 15 is 0 Å². The van der Waals surface area contributed by atoms with Crippen molar-refractivity contribution in [3.8, 4) is 0 Å². The van der Waals surface area contributed by atoms with Crippen LogP contribution in [0.1, 0.15) is 56.5 Å². The van der Waals surface area contributed by atoms with Crippen LogP contribution in [0.2, 0.25) is 0 Å². The summed E-state index contributed by atoms with van der Waals surface area (Å²) >= 11 is 0. The highest BCUT2D eigenvalue weighted by atomic mass is 16.6. The van der Waals surface area contributed by atoms with E-state index in [1.54, 1.807) is 12.1 Å². The lowest BCUT2D eigenvalue weighted by Crippen LogP contribution is -2.32. The van der Waals surface area contributed by atoms with Crippen molar-refractivity contribution in [2.45, 2.75) is 57.5 Å². The number of nitro groups is 1. The largest absolute Gasteiger partial charge is 0.464 e. The summed E-state index contributed by atoms with van der Waals surface area (Å²) in [7, 11) is 0. The minimum Gasteiger partial charge on any atom is -0.464 e. The molecule has 2 aliphatic carbocycles. The van der Waals surface area contributed by atoms with Gasteiger partial charge in [0, 0.05) is 42.7 Å². The molecule has 1 heterocycles. The molecule has 0 saturated heterocycles. The highest BCUT2D eigenvalue weighted by molar-refractivity contribution is 5.76. The van der Waals surface area contributed by atoms with Gasteiger partial charge in [0.25, 0.3) is 5.69 Å². The van der Waals surface area contributed by atoms with Gasteiger partial charge in [0.05, 0.1) is 11.5 Å². The Morgan fingerprint density at radius 1 is 1.24 bits per heavy atom. The fraction of sp³-hybridized carbons (Fsp3) is 0.500. The standard InChI is InChI=1S/C22H27N3O4/c1-15-13-20(15)21-11-10-19(29-21)14-24(17-8-9-17)22(26)3-2-12-23-16-4-6-18(7-5-16)25(27)28/h4-7,10-11,15,17,20,23H,2-3,8-9,12-14H2,1H3. The lowest BCUT2D eigenvalue weighted by Gasteiger charge is -2.21. The number of nitrogens with zero attached hydrogens (tertiary/aromatic N) is 2. The van der Waals surface area contributed by atoms with Crippen molar-refractivity contribution in [2.24, 2.45) is 5.92 Å². The van der Waals surface area contributed by atoms with Crippen LogP contribution in [-0.4, -0.2) is 28.3 Å². The lowest BCUT2D eigenvalue weighted by atomic mass is 10.2. The van der Waals surface area contributed by atoms with E-state index in [1.165, 1.54) is 18.6 Å². The molecule has 2 aliphatic rings. The summed E-state index contributed by atoms with van der Waals surface area (Å²) in [5.41, 5.74) is 0.891. The molecule has 1 aromatic heterocycles. The van der Waals surface area contributed by atoms with Crippen LogP contribution in [0.25, 0.3) is 0 Å². The molecular weight excluding hydrogens is 370 g/mol. The molecule has 29 heavy (non-hydrogen) atoms. The summed E-state index contributed by atoms with van der Waals surface area (Å²) in [6, 6.07) is 10.7. The number of nitrogens with one attached hydrogen (secondary N) is 1. The number of furan rings is 1. The number of hydrogen-bond donors (Lipinski definition) is 1. The van der Waals surface area contributed by atoms with Crippen LogP contribution in [0.4, 0.5) is 11.4 Å². The Morgan fingerprint density at radius 2 is 1.97 bits per heavy atom. The summed E-state index contributed by atoms with van der Waals surface area (Å²) in [6.45, 7) is 3.44. The summed E-state index contributed by atoms with van der Waals surface area (Å²) in [4.78, 5) is 25.0. The Labute approximate surface area is 170 Å². The van der Waals surface area contributed by atoms with E-state index in [9.17, 15) is 14.9 Å². The van der Waals surface area contributed by atoms with Gasteiger partial charge in [0.2, 0.25) is 5.91 Å². The first-order chi connectivity index (χ1) is 14.0. The van der Waals surface area contributed by atoms with E-state index in [2.05, 4.69) is 18.3 Å². The molecule has 2 aromatic rings. The van der Waals surface area contributed by atoms with Gasteiger partial charge in [-0.1, -0.05) is 6.92 Å². The first-order valence-corrected chi connectivity index (χ1v) is 10.4. The molecule has 1 amide bonds. The first-order valence-electron chi connectivity index (χ1n) is 10.4. The van der Waals surface area contributed by atoms with E-state index < -0.39 is 4.92 Å². The molecule has 0 radical (unpaired) electrons. The van der Waals surface area contributed by atoms with Gasteiger partial charge < -0.3 is 14.6 Å². The van der Waals surface area contributed by atoms with Crippen LogP contribution in [0, 0.1) is 16.0 Å². The van der Waals surface area contributed by atoms with Crippen molar-refractivity contribution in [3.05, 3.63) is 58.0 Å². The van der Waals surface area contributed by atoms with E-state index in [4.69, 9.17) is 4.42 Å². The quantitative estimate of drug-likeness (QED) is 0.357. The average molecular weight is 397 g/mol. The lowest BCUT2D eigenvalue weighted by molar-refractivity contribution is -0.384. The molecular formula is C22H27N3O4. The van der Waals surface area contributed by atoms with E-state index in [0.29, 0.717) is 43.8 Å². The van der Waals surface area contributed by atoms with Gasteiger partial charge in [0.1, 0.15) is 11.5 Å². The number of carbonyl (C=O) groups excluding carboxylic acids is 1. The van der Waals surface area contributed by atoms with Crippen LogP contribution in [0.3, 0.4) is 0 Å². The summed E-state index contributed by atoms with van der Waals surface area (Å²) < 4.78 is 5.99. The summed E-state index contributed by atoms with van der Waals surface area (Å²) in [5, 5.41) is 13.9. The normalized spacial score (nSPS) is 20.3. The second-order valence-corrected chi connectivity index (χ2v) is 8.21. The molecule has 0 aliphatic heterocycles. The molecule has 2 unspecified atom stereocenters. The molecule has 1 aromatic carbocycles. The maximum Gasteiger partial charge on any atom is 0.269 e. The molecule has 154 valence electrons. The van der Waals surface area contributed by atoms with Crippen molar-refractivity contribution in [1.82, 2.24) is 4.90 Å². The van der Waals surface area contributed by atoms with Crippen molar-refractivity contribution < 1.29 is 14.1 Å². The Bertz CT molecular complexity index is 872. The Balaban J connectivity index is 1.24. The number of carbonyl (C=O) groups is 1. The second kappa shape index (κ2) is 8.27. The van der Waals surface area contributed by atoms with E-state index in [1.807, 2.05) is 11.0 Å². The second-order valence-electron chi connectivity index (χ2n) is 8.21. The molecule has 0 bridgehead atoms. The third-order valence-electron chi connectivity index (χ3n) is 5.77. The van der Waals surface area contributed by atoms with Crippen LogP contribution < -0.4 is 5.32 Å². The molecule has 2 atom stereocenters. The van der Waals surface area contributed by atoms with Crippen LogP contribution in [-0.2, 0) is 11.3 Å². The van der Waals surface area contributed by atoms with E-state index in [-0.39, 0.29) is 11.6 Å². The van der Waals surface area contributed by atoms with Gasteiger partial charge in [0.15, 0.2) is 0 Å². The smallest absolute Gasteiger partial charge is 0.269 e. The topological polar surface area (TPSA) is 88.6 Å². The van der Waals surface area contributed by atoms with Crippen molar-refractivity contribution in [1.29, 1.82) is 0 Å². The van der Waals surface area contributed by atoms with Crippen molar-refractivity contribution in [3.63, 3.8) is 0 Å². The third kappa shape index (κ3) is 4.96. The van der Waals surface area contributed by atoms with Gasteiger partial charge in [-0.2, -0.15) is 0 Å². The predicted octanol–water partition coefficient (Wildman–Crippen LogP) is 4.69. The first kappa shape index (κ1) is 19.5. The monoisotopic (exact) mass is 397 g/mol. The fourth-order valence-corrected chi connectivity index (χ4v) is 3.69. The Kier molecular flexibility index (Phi) is 5.56. The van der Waals surface area contributed by atoms with Crippen LogP contribution in [0.5, 0.6) is 0 Å². The van der Waals surface area contributed by atoms with Gasteiger partial charge in [-0.15, -0.1) is 0 Å². The average Bonchev–Trinajstić information content (AvgIpc) is 3.63. The summed E-state index contributed by atoms with van der Waals surface area (Å²) in [5.74, 6) is 3.36. The summed E-state index contributed by atoms with van der Waals surface area (Å²) in [6.07, 6.45) is 4.52. The Hall–Kier alpha value is -2.83. The predicted molar refractivity (Wildman–Crippen MR) is 110 cm³/mol. The molecule has 7 nitrogen and oxygen atoms in total. The van der Waals surface area contributed by atoms with Gasteiger partial charge >= 0.3 is 0 Å². The zero-order valence-electron chi connectivity index (χ0n) is 16.7. The zero-order valence-corrected chi connectivity index (χ0v) is 16.7. The number of nitro benzene ring substituents is 1. The van der Waals surface area contributed by atoms with E-state index in [0.717, 1.165) is 30.0 Å². The minimum atomic E-state index is -0.415. The number of rotatable bonds is 10. The van der Waals surface area contributed by atoms with Gasteiger partial charge in [-0.05, 0) is 55.9 Å². The third-order valence-corrected chi connectivity index (χ3v) is 5.77. The number of amides is 1. The van der Waals surface area contributed by atoms with Crippen LogP contribution in [0.15, 0.2) is 40.8 Å². The molecule has 1 N–H and O–H groups in total. The van der Waals surface area contributed by atoms with Crippen LogP contribution >= 0.6 is 0 Å². The van der Waals surface area contributed by atoms with Gasteiger partial charge in [-0.3, -0.25) is 14.9 Å². The molecule has 2 saturated carbocycles. The molecule has 4 rings (SSSR count). The van der Waals surface area contributed by atoms with Crippen molar-refractivity contribution in [2.75, 3.05) is 11.9 Å². The molecule has 7 heteroatoms. The zero-order chi connectivity index (χ0) is 20.4. The van der Waals surface area contributed by atoms with Gasteiger partial charge in [-0.25, -0.2) is 0 Å². The molecule has 2 fully saturated rings. The maximum atomic E-state index is 12.7. The number of benzene rings is 1. The SMILES string of the molecule is CC1CC1c1ccc(CN(C(=O)CCCNc2ccc([N+](=O)[O-])cc2)C2CC2)o1. The highest BCUT2D eigenvalue weighted by Gasteiger charge is 2.37. The van der Waals surface area contributed by atoms with Crippen molar-refractivity contribution >= 4 is 17.3 Å². The fourth-order valence-electron chi connectivity index (χ4n) is 3.69. The Morgan fingerprint density at radius 3 is 2.59 bits per heavy atom. The number of anilines is 1. The maximum absolute atomic E-state index is 12.7. The number of hydrogen-bond acceptors (Lipinski definition) is 5. The number of non-ortho nitro benzene ring substituents is 1. The molecule has 0 spiro atoms.